The van der Waals surface area contributed by atoms with Gasteiger partial charge in [-0.15, -0.1) is 0 Å². The van der Waals surface area contributed by atoms with E-state index in [2.05, 4.69) is 211 Å². The Hall–Kier alpha value is -7.95. The molecule has 1 aliphatic rings. The number of allylic oxidation sites excluding steroid dienone is 4. The fourth-order valence-electron chi connectivity index (χ4n) is 8.62. The number of hydrogen-bond acceptors (Lipinski definition) is 3. The first kappa shape index (κ1) is 36.2. The summed E-state index contributed by atoms with van der Waals surface area (Å²) in [5.41, 5.74) is 15.8. The van der Waals surface area contributed by atoms with Gasteiger partial charge in [-0.3, -0.25) is 0 Å². The SMILES string of the molecule is C1=CC(n2c3ccccc3c3cc(-c4ccccc4-c4ccc(-c5nc(-c6ccc(-c7ccccc7)cc6)nc(-c6ccc(-c7ccccc7)cc6)n5)cc4)ccc32)=CCC1. The average Bonchev–Trinajstić information content (AvgIpc) is 3.68. The molecular formula is C57H40N4. The molecule has 0 radical (unpaired) electrons. The van der Waals surface area contributed by atoms with E-state index in [0.717, 1.165) is 46.2 Å². The summed E-state index contributed by atoms with van der Waals surface area (Å²) < 4.78 is 2.41. The molecule has 0 N–H and O–H groups in total. The van der Waals surface area contributed by atoms with Crippen LogP contribution in [0.4, 0.5) is 0 Å². The molecule has 0 spiro atoms. The van der Waals surface area contributed by atoms with Crippen LogP contribution in [-0.4, -0.2) is 19.5 Å². The maximum Gasteiger partial charge on any atom is 0.164 e. The van der Waals surface area contributed by atoms with Crippen molar-refractivity contribution in [3.05, 3.63) is 218 Å². The Balaban J connectivity index is 0.964. The van der Waals surface area contributed by atoms with Crippen molar-refractivity contribution in [1.82, 2.24) is 19.5 Å². The summed E-state index contributed by atoms with van der Waals surface area (Å²) in [5, 5.41) is 2.51. The average molecular weight is 781 g/mol. The highest BCUT2D eigenvalue weighted by molar-refractivity contribution is 6.12. The Morgan fingerprint density at radius 3 is 1.30 bits per heavy atom. The normalized spacial score (nSPS) is 12.5. The fourth-order valence-corrected chi connectivity index (χ4v) is 8.62. The first-order valence-electron chi connectivity index (χ1n) is 20.9. The van der Waals surface area contributed by atoms with Crippen molar-refractivity contribution >= 4 is 27.5 Å². The van der Waals surface area contributed by atoms with Crippen LogP contribution in [-0.2, 0) is 0 Å². The van der Waals surface area contributed by atoms with Gasteiger partial charge < -0.3 is 4.57 Å². The molecule has 0 saturated carbocycles. The van der Waals surface area contributed by atoms with E-state index in [4.69, 9.17) is 15.0 Å². The van der Waals surface area contributed by atoms with Gasteiger partial charge in [-0.1, -0.05) is 194 Å². The van der Waals surface area contributed by atoms with E-state index < -0.39 is 0 Å². The number of para-hydroxylation sites is 1. The van der Waals surface area contributed by atoms with Crippen LogP contribution in [0.3, 0.4) is 0 Å². The first-order valence-corrected chi connectivity index (χ1v) is 20.9. The molecule has 8 aromatic carbocycles. The minimum Gasteiger partial charge on any atom is -0.310 e. The van der Waals surface area contributed by atoms with Crippen LogP contribution in [0.2, 0.25) is 0 Å². The molecule has 4 heteroatoms. The molecule has 0 atom stereocenters. The summed E-state index contributed by atoms with van der Waals surface area (Å²) >= 11 is 0. The molecule has 0 amide bonds. The zero-order chi connectivity index (χ0) is 40.5. The third-order valence-electron chi connectivity index (χ3n) is 11.7. The van der Waals surface area contributed by atoms with Crippen molar-refractivity contribution in [2.75, 3.05) is 0 Å². The number of fused-ring (bicyclic) bond motifs is 3. The summed E-state index contributed by atoms with van der Waals surface area (Å²) in [4.78, 5) is 15.2. The third kappa shape index (κ3) is 6.94. The Morgan fingerprint density at radius 1 is 0.328 bits per heavy atom. The lowest BCUT2D eigenvalue weighted by Crippen LogP contribution is -2.00. The molecule has 0 fully saturated rings. The molecule has 0 aliphatic heterocycles. The quantitative estimate of drug-likeness (QED) is 0.154. The summed E-state index contributed by atoms with van der Waals surface area (Å²) in [6.45, 7) is 0. The molecule has 0 unspecified atom stereocenters. The Kier molecular flexibility index (Phi) is 9.29. The topological polar surface area (TPSA) is 43.6 Å². The van der Waals surface area contributed by atoms with Crippen molar-refractivity contribution in [1.29, 1.82) is 0 Å². The maximum atomic E-state index is 5.09. The molecule has 0 bridgehead atoms. The van der Waals surface area contributed by atoms with Crippen molar-refractivity contribution in [3.8, 4) is 78.7 Å². The van der Waals surface area contributed by atoms with Crippen LogP contribution in [0.1, 0.15) is 12.8 Å². The van der Waals surface area contributed by atoms with Gasteiger partial charge in [-0.2, -0.15) is 0 Å². The Labute approximate surface area is 355 Å². The molecule has 1 aliphatic carbocycles. The van der Waals surface area contributed by atoms with Crippen molar-refractivity contribution in [2.45, 2.75) is 12.8 Å². The van der Waals surface area contributed by atoms with E-state index in [1.54, 1.807) is 0 Å². The van der Waals surface area contributed by atoms with Gasteiger partial charge in [-0.05, 0) is 81.6 Å². The number of rotatable bonds is 8. The summed E-state index contributed by atoms with van der Waals surface area (Å²) in [6.07, 6.45) is 9.04. The fraction of sp³-hybridized carbons (Fsp3) is 0.0351. The molecule has 2 heterocycles. The first-order chi connectivity index (χ1) is 30.2. The van der Waals surface area contributed by atoms with Gasteiger partial charge >= 0.3 is 0 Å². The lowest BCUT2D eigenvalue weighted by Gasteiger charge is -2.13. The number of hydrogen-bond donors (Lipinski definition) is 0. The lowest BCUT2D eigenvalue weighted by molar-refractivity contribution is 1.02. The van der Waals surface area contributed by atoms with E-state index >= 15 is 0 Å². The predicted molar refractivity (Wildman–Crippen MR) is 254 cm³/mol. The van der Waals surface area contributed by atoms with Crippen LogP contribution in [0.25, 0.3) is 106 Å². The van der Waals surface area contributed by atoms with Crippen molar-refractivity contribution < 1.29 is 0 Å². The van der Waals surface area contributed by atoms with Gasteiger partial charge in [-0.25, -0.2) is 15.0 Å². The third-order valence-corrected chi connectivity index (χ3v) is 11.7. The predicted octanol–water partition coefficient (Wildman–Crippen LogP) is 14.8. The number of benzene rings is 8. The summed E-state index contributed by atoms with van der Waals surface area (Å²) in [7, 11) is 0. The molecule has 2 aromatic heterocycles. The molecule has 288 valence electrons. The van der Waals surface area contributed by atoms with Gasteiger partial charge in [0.05, 0.1) is 11.0 Å². The molecule has 10 aromatic rings. The Bertz CT molecular complexity index is 3150. The van der Waals surface area contributed by atoms with Crippen LogP contribution >= 0.6 is 0 Å². The second kappa shape index (κ2) is 15.7. The highest BCUT2D eigenvalue weighted by Crippen LogP contribution is 2.39. The second-order valence-corrected chi connectivity index (χ2v) is 15.5. The monoisotopic (exact) mass is 780 g/mol. The van der Waals surface area contributed by atoms with Gasteiger partial charge in [0.1, 0.15) is 0 Å². The molecule has 61 heavy (non-hydrogen) atoms. The van der Waals surface area contributed by atoms with E-state index in [0.29, 0.717) is 17.5 Å². The van der Waals surface area contributed by atoms with Gasteiger partial charge in [0.25, 0.3) is 0 Å². The van der Waals surface area contributed by atoms with E-state index in [-0.39, 0.29) is 0 Å². The Morgan fingerprint density at radius 2 is 0.754 bits per heavy atom. The largest absolute Gasteiger partial charge is 0.310 e. The summed E-state index contributed by atoms with van der Waals surface area (Å²) in [6, 6.07) is 70.8. The zero-order valence-corrected chi connectivity index (χ0v) is 33.5. The van der Waals surface area contributed by atoms with Crippen LogP contribution in [0.5, 0.6) is 0 Å². The van der Waals surface area contributed by atoms with Gasteiger partial charge in [0.2, 0.25) is 0 Å². The van der Waals surface area contributed by atoms with Crippen LogP contribution in [0.15, 0.2) is 218 Å². The van der Waals surface area contributed by atoms with Crippen LogP contribution < -0.4 is 0 Å². The molecular weight excluding hydrogens is 741 g/mol. The van der Waals surface area contributed by atoms with Gasteiger partial charge in [0.15, 0.2) is 17.5 Å². The van der Waals surface area contributed by atoms with Crippen molar-refractivity contribution in [2.24, 2.45) is 0 Å². The highest BCUT2D eigenvalue weighted by Gasteiger charge is 2.17. The van der Waals surface area contributed by atoms with E-state index in [1.807, 2.05) is 12.1 Å². The molecule has 11 rings (SSSR count). The van der Waals surface area contributed by atoms with E-state index in [1.165, 1.54) is 55.3 Å². The number of nitrogens with zero attached hydrogens (tertiary/aromatic N) is 4. The smallest absolute Gasteiger partial charge is 0.164 e. The van der Waals surface area contributed by atoms with Gasteiger partial charge in [0, 0.05) is 33.2 Å². The molecule has 0 saturated heterocycles. The van der Waals surface area contributed by atoms with Crippen molar-refractivity contribution in [3.63, 3.8) is 0 Å². The second-order valence-electron chi connectivity index (χ2n) is 15.5. The summed E-state index contributed by atoms with van der Waals surface area (Å²) in [5.74, 6) is 1.89. The minimum atomic E-state index is 0.629. The van der Waals surface area contributed by atoms with E-state index in [9.17, 15) is 0 Å². The highest BCUT2D eigenvalue weighted by atomic mass is 15.0. The maximum absolute atomic E-state index is 5.09. The standard InChI is InChI=1S/C57H40N4/c1-4-14-39(15-5-1)41-24-30-44(31-25-41)55-58-56(45-32-26-42(27-33-45)40-16-6-2-7-17-40)60-57(59-55)46-34-28-43(29-35-46)49-20-10-11-21-50(49)47-36-37-54-52(38-47)51-22-12-13-23-53(51)61(54)48-18-8-3-9-19-48/h1-2,4-8,10-38H,3,9H2. The molecule has 4 nitrogen and oxygen atoms in total. The lowest BCUT2D eigenvalue weighted by atomic mass is 9.93. The van der Waals surface area contributed by atoms with Crippen LogP contribution in [0, 0.1) is 0 Å². The zero-order valence-electron chi connectivity index (χ0n) is 33.5. The minimum absolute atomic E-state index is 0.629. The number of aromatic nitrogens is 4.